The summed E-state index contributed by atoms with van der Waals surface area (Å²) in [7, 11) is 1.30. The third kappa shape index (κ3) is 3.80. The van der Waals surface area contributed by atoms with Crippen LogP contribution in [0.3, 0.4) is 0 Å². The molecular formula is C18H20F3N5O2. The van der Waals surface area contributed by atoms with Gasteiger partial charge >= 0.3 is 6.18 Å². The number of aromatic nitrogens is 4. The van der Waals surface area contributed by atoms with Crippen molar-refractivity contribution < 1.29 is 17.9 Å². The summed E-state index contributed by atoms with van der Waals surface area (Å²) in [5, 5.41) is 7.27. The number of hydrogen-bond donors (Lipinski definition) is 2. The van der Waals surface area contributed by atoms with Crippen LogP contribution in [0, 0.1) is 0 Å². The van der Waals surface area contributed by atoms with Crippen LogP contribution in [0.4, 0.5) is 19.1 Å². The molecule has 0 atom stereocenters. The Morgan fingerprint density at radius 3 is 2.57 bits per heavy atom. The summed E-state index contributed by atoms with van der Waals surface area (Å²) in [5.41, 5.74) is -1.31. The monoisotopic (exact) mass is 395 g/mol. The highest BCUT2D eigenvalue weighted by atomic mass is 19.4. The lowest BCUT2D eigenvalue weighted by molar-refractivity contribution is -0.138. The second kappa shape index (κ2) is 6.84. The molecule has 2 heterocycles. The fourth-order valence-electron chi connectivity index (χ4n) is 2.77. The minimum atomic E-state index is -4.54. The molecule has 1 aromatic carbocycles. The third-order valence-electron chi connectivity index (χ3n) is 4.14. The van der Waals surface area contributed by atoms with Crippen molar-refractivity contribution in [2.24, 2.45) is 0 Å². The summed E-state index contributed by atoms with van der Waals surface area (Å²) in [5.74, 6) is 0.172. The molecule has 0 radical (unpaired) electrons. The number of fused-ring (bicyclic) bond motifs is 1. The van der Waals surface area contributed by atoms with Gasteiger partial charge in [0.25, 0.3) is 5.56 Å². The number of hydrogen-bond acceptors (Lipinski definition) is 5. The number of benzene rings is 1. The molecule has 0 aliphatic rings. The molecule has 0 aliphatic carbocycles. The molecule has 3 aromatic rings. The van der Waals surface area contributed by atoms with E-state index in [1.165, 1.54) is 25.4 Å². The molecule has 0 bridgehead atoms. The van der Waals surface area contributed by atoms with Crippen molar-refractivity contribution >= 4 is 17.0 Å². The fourth-order valence-corrected chi connectivity index (χ4v) is 2.77. The van der Waals surface area contributed by atoms with Crippen LogP contribution in [0.5, 0.6) is 5.75 Å². The normalized spacial score (nSPS) is 12.4. The zero-order valence-electron chi connectivity index (χ0n) is 15.8. The number of ether oxygens (including phenoxy) is 1. The molecule has 0 saturated heterocycles. The highest BCUT2D eigenvalue weighted by Crippen LogP contribution is 2.34. The summed E-state index contributed by atoms with van der Waals surface area (Å²) in [4.78, 5) is 19.1. The van der Waals surface area contributed by atoms with Crippen LogP contribution in [0.15, 0.2) is 29.2 Å². The average molecular weight is 395 g/mol. The molecule has 2 aromatic heterocycles. The number of H-pyrrole nitrogens is 1. The predicted molar refractivity (Wildman–Crippen MR) is 98.5 cm³/mol. The molecule has 0 spiro atoms. The van der Waals surface area contributed by atoms with Crippen molar-refractivity contribution in [1.29, 1.82) is 0 Å². The summed E-state index contributed by atoms with van der Waals surface area (Å²) in [6.45, 7) is 5.53. The SMILES string of the molecule is COc1ccc(CNc2nc3c(cnn3C(C)(C)C)c(=O)[nH]2)c(C(F)(F)F)c1. The van der Waals surface area contributed by atoms with E-state index < -0.39 is 22.8 Å². The maximum absolute atomic E-state index is 13.3. The van der Waals surface area contributed by atoms with Crippen LogP contribution in [0.2, 0.25) is 0 Å². The van der Waals surface area contributed by atoms with E-state index in [-0.39, 0.29) is 23.8 Å². The second-order valence-electron chi connectivity index (χ2n) is 7.25. The van der Waals surface area contributed by atoms with Gasteiger partial charge in [-0.3, -0.25) is 9.78 Å². The molecule has 0 saturated carbocycles. The summed E-state index contributed by atoms with van der Waals surface area (Å²) >= 11 is 0. The summed E-state index contributed by atoms with van der Waals surface area (Å²) in [6.07, 6.45) is -3.12. The zero-order valence-corrected chi connectivity index (χ0v) is 15.8. The Kier molecular flexibility index (Phi) is 4.82. The maximum atomic E-state index is 13.3. The van der Waals surface area contributed by atoms with Gasteiger partial charge in [0.15, 0.2) is 5.65 Å². The van der Waals surface area contributed by atoms with Crippen LogP contribution in [-0.2, 0) is 18.3 Å². The van der Waals surface area contributed by atoms with Crippen LogP contribution < -0.4 is 15.6 Å². The van der Waals surface area contributed by atoms with Gasteiger partial charge in [-0.05, 0) is 38.5 Å². The number of rotatable bonds is 4. The van der Waals surface area contributed by atoms with Gasteiger partial charge in [-0.1, -0.05) is 6.07 Å². The van der Waals surface area contributed by atoms with Crippen LogP contribution in [0.25, 0.3) is 11.0 Å². The standard InChI is InChI=1S/C18H20F3N5O2/c1-17(2,3)26-14-12(9-23-26)15(27)25-16(24-14)22-8-10-5-6-11(28-4)7-13(10)18(19,20)21/h5-7,9H,8H2,1-4H3,(H2,22,24,25,27). The van der Waals surface area contributed by atoms with Gasteiger partial charge < -0.3 is 10.1 Å². The smallest absolute Gasteiger partial charge is 0.416 e. The molecule has 0 unspecified atom stereocenters. The fraction of sp³-hybridized carbons (Fsp3) is 0.389. The summed E-state index contributed by atoms with van der Waals surface area (Å²) in [6, 6.07) is 3.70. The lowest BCUT2D eigenvalue weighted by Gasteiger charge is -2.20. The molecular weight excluding hydrogens is 375 g/mol. The van der Waals surface area contributed by atoms with Crippen molar-refractivity contribution in [1.82, 2.24) is 19.7 Å². The van der Waals surface area contributed by atoms with Gasteiger partial charge in [-0.25, -0.2) is 4.68 Å². The maximum Gasteiger partial charge on any atom is 0.416 e. The van der Waals surface area contributed by atoms with Crippen LogP contribution in [0.1, 0.15) is 31.9 Å². The van der Waals surface area contributed by atoms with Crippen molar-refractivity contribution in [2.75, 3.05) is 12.4 Å². The number of halogens is 3. The van der Waals surface area contributed by atoms with Crippen molar-refractivity contribution in [2.45, 2.75) is 39.0 Å². The highest BCUT2D eigenvalue weighted by Gasteiger charge is 2.33. The molecule has 150 valence electrons. The van der Waals surface area contributed by atoms with E-state index in [1.807, 2.05) is 20.8 Å². The molecule has 0 aliphatic heterocycles. The average Bonchev–Trinajstić information content (AvgIpc) is 3.04. The van der Waals surface area contributed by atoms with Crippen molar-refractivity contribution in [3.05, 3.63) is 45.9 Å². The topological polar surface area (TPSA) is 84.8 Å². The Balaban J connectivity index is 1.96. The largest absolute Gasteiger partial charge is 0.497 e. The van der Waals surface area contributed by atoms with Crippen LogP contribution >= 0.6 is 0 Å². The van der Waals surface area contributed by atoms with Gasteiger partial charge in [0.2, 0.25) is 5.95 Å². The Morgan fingerprint density at radius 2 is 1.96 bits per heavy atom. The van der Waals surface area contributed by atoms with E-state index in [0.717, 1.165) is 6.07 Å². The van der Waals surface area contributed by atoms with Gasteiger partial charge in [0.1, 0.15) is 11.1 Å². The number of nitrogens with one attached hydrogen (secondary N) is 2. The van der Waals surface area contributed by atoms with Crippen molar-refractivity contribution in [3.8, 4) is 5.75 Å². The van der Waals surface area contributed by atoms with E-state index in [4.69, 9.17) is 4.74 Å². The first-order chi connectivity index (χ1) is 13.0. The highest BCUT2D eigenvalue weighted by molar-refractivity contribution is 5.74. The van der Waals surface area contributed by atoms with Crippen LogP contribution in [-0.4, -0.2) is 26.9 Å². The van der Waals surface area contributed by atoms with Gasteiger partial charge in [-0.2, -0.15) is 23.3 Å². The van der Waals surface area contributed by atoms with E-state index in [0.29, 0.717) is 11.0 Å². The lowest BCUT2D eigenvalue weighted by atomic mass is 10.1. The number of nitrogens with zero attached hydrogens (tertiary/aromatic N) is 3. The summed E-state index contributed by atoms with van der Waals surface area (Å²) < 4.78 is 46.5. The molecule has 10 heteroatoms. The molecule has 0 amide bonds. The third-order valence-corrected chi connectivity index (χ3v) is 4.14. The minimum absolute atomic E-state index is 0.000347. The number of methoxy groups -OCH3 is 1. The van der Waals surface area contributed by atoms with Gasteiger partial charge in [-0.15, -0.1) is 0 Å². The molecule has 7 nitrogen and oxygen atoms in total. The number of alkyl halides is 3. The number of aromatic amines is 1. The molecule has 3 rings (SSSR count). The Labute approximate surface area is 158 Å². The predicted octanol–water partition coefficient (Wildman–Crippen LogP) is 3.51. The van der Waals surface area contributed by atoms with Gasteiger partial charge in [0, 0.05) is 6.54 Å². The first-order valence-corrected chi connectivity index (χ1v) is 8.47. The van der Waals surface area contributed by atoms with E-state index in [9.17, 15) is 18.0 Å². The number of anilines is 1. The first kappa shape index (κ1) is 19.7. The van der Waals surface area contributed by atoms with Crippen molar-refractivity contribution in [3.63, 3.8) is 0 Å². The molecule has 0 fully saturated rings. The van der Waals surface area contributed by atoms with E-state index >= 15 is 0 Å². The van der Waals surface area contributed by atoms with E-state index in [1.54, 1.807) is 4.68 Å². The Hall–Kier alpha value is -3.04. The quantitative estimate of drug-likeness (QED) is 0.706. The Morgan fingerprint density at radius 1 is 1.25 bits per heavy atom. The Bertz CT molecular complexity index is 1060. The molecule has 2 N–H and O–H groups in total. The molecule has 28 heavy (non-hydrogen) atoms. The minimum Gasteiger partial charge on any atom is -0.497 e. The van der Waals surface area contributed by atoms with Gasteiger partial charge in [0.05, 0.1) is 24.4 Å². The second-order valence-corrected chi connectivity index (χ2v) is 7.25. The zero-order chi connectivity index (χ0) is 20.7. The lowest BCUT2D eigenvalue weighted by Crippen LogP contribution is -2.24. The van der Waals surface area contributed by atoms with E-state index in [2.05, 4.69) is 20.4 Å². The first-order valence-electron chi connectivity index (χ1n) is 8.47.